The van der Waals surface area contributed by atoms with Gasteiger partial charge in [-0.15, -0.1) is 0 Å². The Morgan fingerprint density at radius 1 is 1.34 bits per heavy atom. The zero-order valence-corrected chi connectivity index (χ0v) is 18.7. The molecule has 2 aromatic heterocycles. The number of methoxy groups -OCH3 is 1. The van der Waals surface area contributed by atoms with E-state index in [2.05, 4.69) is 16.0 Å². The van der Waals surface area contributed by atoms with E-state index in [1.807, 2.05) is 30.0 Å². The van der Waals surface area contributed by atoms with Crippen molar-refractivity contribution in [3.05, 3.63) is 47.4 Å². The molecule has 1 saturated carbocycles. The van der Waals surface area contributed by atoms with Crippen LogP contribution in [0.1, 0.15) is 48.9 Å². The maximum Gasteiger partial charge on any atom is 0.225 e. The molecule has 8 heteroatoms. The zero-order chi connectivity index (χ0) is 22.5. The first-order valence-corrected chi connectivity index (χ1v) is 11.1. The Morgan fingerprint density at radius 2 is 2.19 bits per heavy atom. The van der Waals surface area contributed by atoms with Gasteiger partial charge in [-0.3, -0.25) is 9.78 Å². The Balaban J connectivity index is 1.52. The van der Waals surface area contributed by atoms with E-state index in [0.29, 0.717) is 62.3 Å². The van der Waals surface area contributed by atoms with E-state index in [0.717, 1.165) is 24.1 Å². The lowest BCUT2D eigenvalue weighted by Gasteiger charge is -2.40. The lowest BCUT2D eigenvalue weighted by atomic mass is 10.1. The Labute approximate surface area is 188 Å². The lowest BCUT2D eigenvalue weighted by molar-refractivity contribution is -0.134. The predicted molar refractivity (Wildman–Crippen MR) is 119 cm³/mol. The summed E-state index contributed by atoms with van der Waals surface area (Å²) in [6, 6.07) is 8.00. The van der Waals surface area contributed by atoms with Crippen molar-refractivity contribution < 1.29 is 14.3 Å². The standard InChI is InChI=1S/C24H29N5O3/c1-17-15-28(9-10-29(17)22(30)7-11-31-2)24-20(13-25)12-21(23(27-24)19-5-6-19)32-16-18-4-3-8-26-14-18/h3-4,8,12,14,17,19H,5-7,9-11,15-16H2,1-2H3/t17-/m1/s1. The van der Waals surface area contributed by atoms with Crippen molar-refractivity contribution in [2.24, 2.45) is 0 Å². The van der Waals surface area contributed by atoms with Gasteiger partial charge in [-0.2, -0.15) is 5.26 Å². The zero-order valence-electron chi connectivity index (χ0n) is 18.7. The van der Waals surface area contributed by atoms with Crippen LogP contribution in [0.5, 0.6) is 5.75 Å². The number of pyridine rings is 2. The van der Waals surface area contributed by atoms with Gasteiger partial charge >= 0.3 is 0 Å². The molecule has 2 aliphatic rings. The minimum atomic E-state index is 0.0346. The number of hydrogen-bond acceptors (Lipinski definition) is 7. The Bertz CT molecular complexity index is 987. The number of rotatable bonds is 8. The third-order valence-corrected chi connectivity index (χ3v) is 5.96. The molecule has 3 heterocycles. The Hall–Kier alpha value is -3.18. The summed E-state index contributed by atoms with van der Waals surface area (Å²) in [6.45, 7) is 4.74. The third-order valence-electron chi connectivity index (χ3n) is 5.96. The molecule has 1 aliphatic heterocycles. The van der Waals surface area contributed by atoms with Crippen LogP contribution in [-0.2, 0) is 16.1 Å². The molecule has 1 saturated heterocycles. The van der Waals surface area contributed by atoms with Crippen LogP contribution in [0.4, 0.5) is 5.82 Å². The highest BCUT2D eigenvalue weighted by atomic mass is 16.5. The first kappa shape index (κ1) is 22.0. The van der Waals surface area contributed by atoms with Gasteiger partial charge in [0.15, 0.2) is 0 Å². The number of hydrogen-bond donors (Lipinski definition) is 0. The van der Waals surface area contributed by atoms with Crippen LogP contribution in [0.3, 0.4) is 0 Å². The third kappa shape index (κ3) is 5.00. The molecule has 0 radical (unpaired) electrons. The number of ether oxygens (including phenoxy) is 2. The minimum absolute atomic E-state index is 0.0346. The number of nitrogens with zero attached hydrogens (tertiary/aromatic N) is 5. The van der Waals surface area contributed by atoms with Crippen molar-refractivity contribution in [2.45, 2.75) is 44.8 Å². The average Bonchev–Trinajstić information content (AvgIpc) is 3.66. The van der Waals surface area contributed by atoms with Gasteiger partial charge in [-0.05, 0) is 25.8 Å². The molecule has 2 fully saturated rings. The van der Waals surface area contributed by atoms with Gasteiger partial charge in [-0.1, -0.05) is 6.07 Å². The number of amides is 1. The molecule has 0 unspecified atom stereocenters. The molecule has 0 bridgehead atoms. The fourth-order valence-electron chi connectivity index (χ4n) is 4.09. The molecule has 2 aromatic rings. The SMILES string of the molecule is COCCC(=O)N1CCN(c2nc(C3CC3)c(OCc3cccnc3)cc2C#N)C[C@H]1C. The highest BCUT2D eigenvalue weighted by Crippen LogP contribution is 2.45. The van der Waals surface area contributed by atoms with E-state index in [1.165, 1.54) is 0 Å². The van der Waals surface area contributed by atoms with Crippen LogP contribution in [0.15, 0.2) is 30.6 Å². The summed E-state index contributed by atoms with van der Waals surface area (Å²) in [4.78, 5) is 25.5. The second-order valence-corrected chi connectivity index (χ2v) is 8.40. The fraction of sp³-hybridized carbons (Fsp3) is 0.500. The first-order valence-electron chi connectivity index (χ1n) is 11.1. The minimum Gasteiger partial charge on any atom is -0.487 e. The number of carbonyl (C=O) groups excluding carboxylic acids is 1. The summed E-state index contributed by atoms with van der Waals surface area (Å²) in [5.74, 6) is 1.85. The van der Waals surface area contributed by atoms with E-state index in [-0.39, 0.29) is 11.9 Å². The molecule has 0 aromatic carbocycles. The average molecular weight is 436 g/mol. The summed E-state index contributed by atoms with van der Waals surface area (Å²) < 4.78 is 11.1. The van der Waals surface area contributed by atoms with Crippen molar-refractivity contribution in [2.75, 3.05) is 38.3 Å². The maximum atomic E-state index is 12.5. The topological polar surface area (TPSA) is 91.6 Å². The smallest absolute Gasteiger partial charge is 0.225 e. The van der Waals surface area contributed by atoms with Crippen molar-refractivity contribution in [3.63, 3.8) is 0 Å². The normalized spacial score (nSPS) is 18.3. The Kier molecular flexibility index (Phi) is 6.86. The van der Waals surface area contributed by atoms with Crippen molar-refractivity contribution >= 4 is 11.7 Å². The van der Waals surface area contributed by atoms with E-state index in [1.54, 1.807) is 19.5 Å². The molecule has 0 spiro atoms. The number of piperazine rings is 1. The van der Waals surface area contributed by atoms with Gasteiger partial charge in [-0.25, -0.2) is 4.98 Å². The van der Waals surface area contributed by atoms with Crippen LogP contribution < -0.4 is 9.64 Å². The quantitative estimate of drug-likeness (QED) is 0.630. The van der Waals surface area contributed by atoms with Crippen molar-refractivity contribution in [1.29, 1.82) is 5.26 Å². The lowest BCUT2D eigenvalue weighted by Crippen LogP contribution is -2.54. The monoisotopic (exact) mass is 435 g/mol. The molecule has 32 heavy (non-hydrogen) atoms. The summed E-state index contributed by atoms with van der Waals surface area (Å²) in [7, 11) is 1.60. The maximum absolute atomic E-state index is 12.5. The highest BCUT2D eigenvalue weighted by molar-refractivity contribution is 5.77. The van der Waals surface area contributed by atoms with E-state index >= 15 is 0 Å². The molecule has 1 aliphatic carbocycles. The van der Waals surface area contributed by atoms with E-state index < -0.39 is 0 Å². The molecule has 1 amide bonds. The van der Waals surface area contributed by atoms with E-state index in [4.69, 9.17) is 14.5 Å². The van der Waals surface area contributed by atoms with Gasteiger partial charge in [0.1, 0.15) is 24.2 Å². The number of nitriles is 1. The molecule has 8 nitrogen and oxygen atoms in total. The number of carbonyl (C=O) groups is 1. The predicted octanol–water partition coefficient (Wildman–Crippen LogP) is 2.88. The molecule has 4 rings (SSSR count). The van der Waals surface area contributed by atoms with Gasteiger partial charge in [0.25, 0.3) is 0 Å². The van der Waals surface area contributed by atoms with Crippen LogP contribution in [-0.4, -0.2) is 60.2 Å². The van der Waals surface area contributed by atoms with Crippen LogP contribution in [0.25, 0.3) is 0 Å². The van der Waals surface area contributed by atoms with Gasteiger partial charge in [0.2, 0.25) is 5.91 Å². The number of anilines is 1. The van der Waals surface area contributed by atoms with Gasteiger partial charge in [0, 0.05) is 62.7 Å². The summed E-state index contributed by atoms with van der Waals surface area (Å²) >= 11 is 0. The second-order valence-electron chi connectivity index (χ2n) is 8.40. The van der Waals surface area contributed by atoms with Crippen LogP contribution in [0, 0.1) is 11.3 Å². The summed E-state index contributed by atoms with van der Waals surface area (Å²) in [5.41, 5.74) is 2.40. The van der Waals surface area contributed by atoms with Crippen LogP contribution >= 0.6 is 0 Å². The Morgan fingerprint density at radius 3 is 2.84 bits per heavy atom. The second kappa shape index (κ2) is 9.96. The number of aromatic nitrogens is 2. The fourth-order valence-corrected chi connectivity index (χ4v) is 4.09. The first-order chi connectivity index (χ1) is 15.6. The van der Waals surface area contributed by atoms with Gasteiger partial charge in [0.05, 0.1) is 24.3 Å². The molecule has 168 valence electrons. The van der Waals surface area contributed by atoms with E-state index in [9.17, 15) is 10.1 Å². The molecular formula is C24H29N5O3. The van der Waals surface area contributed by atoms with Crippen molar-refractivity contribution in [1.82, 2.24) is 14.9 Å². The summed E-state index contributed by atoms with van der Waals surface area (Å²) in [5, 5.41) is 9.85. The largest absolute Gasteiger partial charge is 0.487 e. The highest BCUT2D eigenvalue weighted by Gasteiger charge is 2.33. The van der Waals surface area contributed by atoms with Crippen LogP contribution in [0.2, 0.25) is 0 Å². The molecule has 1 atom stereocenters. The van der Waals surface area contributed by atoms with Gasteiger partial charge < -0.3 is 19.3 Å². The molecule has 0 N–H and O–H groups in total. The summed E-state index contributed by atoms with van der Waals surface area (Å²) in [6.07, 6.45) is 6.06. The van der Waals surface area contributed by atoms with Crippen molar-refractivity contribution in [3.8, 4) is 11.8 Å². The molecular weight excluding hydrogens is 406 g/mol.